The molecule has 192 valence electrons. The topological polar surface area (TPSA) is 98.2 Å². The summed E-state index contributed by atoms with van der Waals surface area (Å²) >= 11 is 0. The number of rotatable bonds is 10. The molecule has 8 nitrogen and oxygen atoms in total. The van der Waals surface area contributed by atoms with Crippen molar-refractivity contribution in [1.29, 1.82) is 0 Å². The third-order valence-corrected chi connectivity index (χ3v) is 6.25. The Hall–Kier alpha value is -4.33. The first-order valence-corrected chi connectivity index (χ1v) is 12.1. The van der Waals surface area contributed by atoms with Crippen LogP contribution in [0.25, 0.3) is 5.76 Å². The van der Waals surface area contributed by atoms with Gasteiger partial charge in [-0.3, -0.25) is 14.6 Å². The van der Waals surface area contributed by atoms with Gasteiger partial charge in [-0.2, -0.15) is 0 Å². The van der Waals surface area contributed by atoms with E-state index in [1.54, 1.807) is 68.0 Å². The number of pyridine rings is 1. The van der Waals surface area contributed by atoms with E-state index in [-0.39, 0.29) is 17.9 Å². The molecule has 3 aromatic rings. The maximum atomic E-state index is 13.4. The molecule has 0 bridgehead atoms. The predicted molar refractivity (Wildman–Crippen MR) is 138 cm³/mol. The Morgan fingerprint density at radius 1 is 1.03 bits per heavy atom. The van der Waals surface area contributed by atoms with Crippen LogP contribution in [-0.2, 0) is 16.1 Å². The van der Waals surface area contributed by atoms with Gasteiger partial charge >= 0.3 is 0 Å². The number of Topliss-reactive ketones (excluding diaryl/α,β-unsaturated/α-hetero) is 1. The number of benzene rings is 2. The summed E-state index contributed by atoms with van der Waals surface area (Å²) in [6.07, 6.45) is 5.23. The number of nitrogens with zero attached hydrogens (tertiary/aromatic N) is 2. The zero-order valence-corrected chi connectivity index (χ0v) is 21.1. The molecule has 1 aliphatic heterocycles. The number of aliphatic hydroxyl groups excluding tert-OH is 1. The number of carbonyl (C=O) groups excluding carboxylic acids is 2. The van der Waals surface area contributed by atoms with Crippen LogP contribution in [-0.4, -0.2) is 47.5 Å². The van der Waals surface area contributed by atoms with Crippen molar-refractivity contribution < 1.29 is 28.9 Å². The second-order valence-corrected chi connectivity index (χ2v) is 8.62. The molecule has 1 aromatic heterocycles. The molecule has 37 heavy (non-hydrogen) atoms. The van der Waals surface area contributed by atoms with Gasteiger partial charge < -0.3 is 24.2 Å². The SMILES string of the molecule is CCCCOc1ccc(/C(O)=C2/C(=O)C(=O)N(Cc3cccnc3)C2c2ccc(OC)cc2OC)cc1. The van der Waals surface area contributed by atoms with Crippen molar-refractivity contribution in [3.05, 3.63) is 89.3 Å². The van der Waals surface area contributed by atoms with Gasteiger partial charge in [0.05, 0.1) is 32.4 Å². The average Bonchev–Trinajstić information content (AvgIpc) is 3.18. The lowest BCUT2D eigenvalue weighted by Crippen LogP contribution is -2.29. The highest BCUT2D eigenvalue weighted by Crippen LogP contribution is 2.44. The molecule has 1 N–H and O–H groups in total. The number of aliphatic hydroxyl groups is 1. The molecule has 8 heteroatoms. The van der Waals surface area contributed by atoms with Crippen LogP contribution >= 0.6 is 0 Å². The van der Waals surface area contributed by atoms with Crippen LogP contribution < -0.4 is 14.2 Å². The minimum Gasteiger partial charge on any atom is -0.507 e. The van der Waals surface area contributed by atoms with Crippen molar-refractivity contribution in [2.75, 3.05) is 20.8 Å². The van der Waals surface area contributed by atoms with Crippen LogP contribution in [0.5, 0.6) is 17.2 Å². The summed E-state index contributed by atoms with van der Waals surface area (Å²) in [7, 11) is 3.04. The summed E-state index contributed by atoms with van der Waals surface area (Å²) < 4.78 is 16.6. The number of amides is 1. The highest BCUT2D eigenvalue weighted by atomic mass is 16.5. The number of methoxy groups -OCH3 is 2. The second kappa shape index (κ2) is 11.6. The fourth-order valence-corrected chi connectivity index (χ4v) is 4.30. The smallest absolute Gasteiger partial charge is 0.295 e. The highest BCUT2D eigenvalue weighted by molar-refractivity contribution is 6.46. The van der Waals surface area contributed by atoms with Gasteiger partial charge in [0.25, 0.3) is 11.7 Å². The van der Waals surface area contributed by atoms with Crippen LogP contribution in [0.2, 0.25) is 0 Å². The maximum absolute atomic E-state index is 13.4. The molecule has 0 saturated carbocycles. The summed E-state index contributed by atoms with van der Waals surface area (Å²) in [6, 6.07) is 14.7. The monoisotopic (exact) mass is 502 g/mol. The molecule has 0 aliphatic carbocycles. The molecule has 1 amide bonds. The third kappa shape index (κ3) is 5.43. The Labute approximate surface area is 216 Å². The number of hydrogen-bond donors (Lipinski definition) is 1. The van der Waals surface area contributed by atoms with E-state index >= 15 is 0 Å². The first-order valence-electron chi connectivity index (χ1n) is 12.1. The zero-order chi connectivity index (χ0) is 26.4. The largest absolute Gasteiger partial charge is 0.507 e. The van der Waals surface area contributed by atoms with E-state index in [4.69, 9.17) is 14.2 Å². The molecule has 1 fully saturated rings. The van der Waals surface area contributed by atoms with Crippen molar-refractivity contribution in [2.45, 2.75) is 32.4 Å². The van der Waals surface area contributed by atoms with Crippen LogP contribution in [0, 0.1) is 0 Å². The van der Waals surface area contributed by atoms with E-state index in [9.17, 15) is 14.7 Å². The van der Waals surface area contributed by atoms with E-state index in [1.165, 1.54) is 12.0 Å². The molecule has 2 heterocycles. The van der Waals surface area contributed by atoms with Gasteiger partial charge in [0, 0.05) is 36.1 Å². The fraction of sp³-hybridized carbons (Fsp3) is 0.276. The quantitative estimate of drug-likeness (QED) is 0.182. The Morgan fingerprint density at radius 3 is 2.43 bits per heavy atom. The Bertz CT molecular complexity index is 1290. The molecule has 1 aliphatic rings. The summed E-state index contributed by atoms with van der Waals surface area (Å²) in [6.45, 7) is 2.81. The summed E-state index contributed by atoms with van der Waals surface area (Å²) in [5, 5.41) is 11.4. The normalized spacial score (nSPS) is 16.6. The minimum atomic E-state index is -0.887. The van der Waals surface area contributed by atoms with Gasteiger partial charge in [-0.1, -0.05) is 19.4 Å². The van der Waals surface area contributed by atoms with Gasteiger partial charge in [-0.05, 0) is 54.4 Å². The lowest BCUT2D eigenvalue weighted by Gasteiger charge is -2.26. The van der Waals surface area contributed by atoms with E-state index in [0.717, 1.165) is 18.4 Å². The molecule has 2 aromatic carbocycles. The lowest BCUT2D eigenvalue weighted by atomic mass is 9.94. The van der Waals surface area contributed by atoms with Crippen molar-refractivity contribution in [1.82, 2.24) is 9.88 Å². The van der Waals surface area contributed by atoms with Crippen LogP contribution in [0.4, 0.5) is 0 Å². The van der Waals surface area contributed by atoms with E-state index in [2.05, 4.69) is 11.9 Å². The number of aromatic nitrogens is 1. The van der Waals surface area contributed by atoms with Gasteiger partial charge in [0.1, 0.15) is 23.0 Å². The second-order valence-electron chi connectivity index (χ2n) is 8.62. The molecule has 1 saturated heterocycles. The Kier molecular flexibility index (Phi) is 8.08. The average molecular weight is 503 g/mol. The Balaban J connectivity index is 1.80. The van der Waals surface area contributed by atoms with Crippen LogP contribution in [0.1, 0.15) is 42.5 Å². The van der Waals surface area contributed by atoms with E-state index in [1.807, 2.05) is 6.07 Å². The van der Waals surface area contributed by atoms with Gasteiger partial charge in [0.15, 0.2) is 0 Å². The molecular formula is C29H30N2O6. The maximum Gasteiger partial charge on any atom is 0.295 e. The van der Waals surface area contributed by atoms with Crippen molar-refractivity contribution in [3.8, 4) is 17.2 Å². The third-order valence-electron chi connectivity index (χ3n) is 6.25. The molecule has 0 spiro atoms. The number of hydrogen-bond acceptors (Lipinski definition) is 7. The first-order chi connectivity index (χ1) is 18.0. The van der Waals surface area contributed by atoms with E-state index < -0.39 is 17.7 Å². The summed E-state index contributed by atoms with van der Waals surface area (Å²) in [5.41, 5.74) is 1.68. The van der Waals surface area contributed by atoms with Crippen molar-refractivity contribution in [3.63, 3.8) is 0 Å². The number of carbonyl (C=O) groups is 2. The predicted octanol–water partition coefficient (Wildman–Crippen LogP) is 4.90. The summed E-state index contributed by atoms with van der Waals surface area (Å²) in [4.78, 5) is 32.2. The van der Waals surface area contributed by atoms with Crippen molar-refractivity contribution in [2.24, 2.45) is 0 Å². The summed E-state index contributed by atoms with van der Waals surface area (Å²) in [5.74, 6) is -0.109. The van der Waals surface area contributed by atoms with Gasteiger partial charge in [-0.15, -0.1) is 0 Å². The number of ether oxygens (including phenoxy) is 3. The van der Waals surface area contributed by atoms with Gasteiger partial charge in [-0.25, -0.2) is 0 Å². The zero-order valence-electron chi connectivity index (χ0n) is 21.1. The first kappa shape index (κ1) is 25.8. The highest BCUT2D eigenvalue weighted by Gasteiger charge is 2.47. The lowest BCUT2D eigenvalue weighted by molar-refractivity contribution is -0.140. The molecular weight excluding hydrogens is 472 g/mol. The molecule has 4 rings (SSSR count). The van der Waals surface area contributed by atoms with E-state index in [0.29, 0.717) is 35.0 Å². The number of likely N-dealkylation sites (tertiary alicyclic amines) is 1. The van der Waals surface area contributed by atoms with Gasteiger partial charge in [0.2, 0.25) is 0 Å². The van der Waals surface area contributed by atoms with Crippen molar-refractivity contribution >= 4 is 17.4 Å². The fourth-order valence-electron chi connectivity index (χ4n) is 4.30. The molecule has 1 unspecified atom stereocenters. The molecule has 1 atom stereocenters. The number of unbranched alkanes of at least 4 members (excludes halogenated alkanes) is 1. The Morgan fingerprint density at radius 2 is 1.78 bits per heavy atom. The molecule has 0 radical (unpaired) electrons. The minimum absolute atomic E-state index is 0.0167. The van der Waals surface area contributed by atoms with Crippen LogP contribution in [0.15, 0.2) is 72.6 Å². The number of ketones is 1. The standard InChI is InChI=1S/C29H30N2O6/c1-4-5-15-37-21-10-8-20(9-11-21)27(32)25-26(23-13-12-22(35-2)16-24(23)36-3)31(29(34)28(25)33)18-19-7-6-14-30-17-19/h6-14,16-17,26,32H,4-5,15,18H2,1-3H3/b27-25-. The van der Waals surface area contributed by atoms with Crippen LogP contribution in [0.3, 0.4) is 0 Å².